The Kier molecular flexibility index (Phi) is 5.92. The van der Waals surface area contributed by atoms with Gasteiger partial charge < -0.3 is 15.3 Å². The molecule has 1 aromatic heterocycles. The number of aliphatic hydroxyl groups is 1. The Morgan fingerprint density at radius 1 is 1.52 bits per heavy atom. The van der Waals surface area contributed by atoms with Crippen LogP contribution >= 0.6 is 0 Å². The van der Waals surface area contributed by atoms with Gasteiger partial charge >= 0.3 is 0 Å². The van der Waals surface area contributed by atoms with Crippen LogP contribution in [0.3, 0.4) is 0 Å². The van der Waals surface area contributed by atoms with E-state index in [1.165, 1.54) is 6.20 Å². The maximum Gasteiger partial charge on any atom is 0.274 e. The molecule has 2 N–H and O–H groups in total. The maximum absolute atomic E-state index is 12.5. The first-order chi connectivity index (χ1) is 10.2. The van der Waals surface area contributed by atoms with E-state index >= 15 is 0 Å². The largest absolute Gasteiger partial charge is 0.396 e. The molecule has 1 aliphatic rings. The van der Waals surface area contributed by atoms with E-state index in [2.05, 4.69) is 22.2 Å². The second kappa shape index (κ2) is 7.93. The molecule has 116 valence electrons. The lowest BCUT2D eigenvalue weighted by Crippen LogP contribution is -2.40. The number of nitrogens with one attached hydrogen (secondary N) is 1. The van der Waals surface area contributed by atoms with Crippen LogP contribution in [0.5, 0.6) is 0 Å². The van der Waals surface area contributed by atoms with Crippen LogP contribution in [-0.4, -0.2) is 52.1 Å². The lowest BCUT2D eigenvalue weighted by atomic mass is 9.95. The lowest BCUT2D eigenvalue weighted by molar-refractivity contribution is 0.0647. The van der Waals surface area contributed by atoms with Gasteiger partial charge in [0.25, 0.3) is 5.91 Å². The van der Waals surface area contributed by atoms with E-state index in [4.69, 9.17) is 5.11 Å². The minimum absolute atomic E-state index is 0.0645. The number of aliphatic hydroxyl groups excluding tert-OH is 1. The molecular formula is C15H24N4O2. The minimum atomic E-state index is -0.0645. The van der Waals surface area contributed by atoms with Crippen LogP contribution in [0.15, 0.2) is 12.4 Å². The Hall–Kier alpha value is -1.69. The number of aromatic nitrogens is 2. The predicted molar refractivity (Wildman–Crippen MR) is 81.1 cm³/mol. The Labute approximate surface area is 125 Å². The van der Waals surface area contributed by atoms with Gasteiger partial charge in [-0.25, -0.2) is 4.98 Å². The molecule has 1 unspecified atom stereocenters. The van der Waals surface area contributed by atoms with Crippen molar-refractivity contribution < 1.29 is 9.90 Å². The molecule has 21 heavy (non-hydrogen) atoms. The third kappa shape index (κ3) is 4.39. The minimum Gasteiger partial charge on any atom is -0.396 e. The van der Waals surface area contributed by atoms with E-state index < -0.39 is 0 Å². The number of amides is 1. The van der Waals surface area contributed by atoms with Gasteiger partial charge in [-0.05, 0) is 31.6 Å². The molecule has 0 saturated carbocycles. The molecule has 1 saturated heterocycles. The van der Waals surface area contributed by atoms with E-state index in [0.29, 0.717) is 24.0 Å². The summed E-state index contributed by atoms with van der Waals surface area (Å²) in [7, 11) is 0. The molecule has 0 bridgehead atoms. The lowest BCUT2D eigenvalue weighted by Gasteiger charge is -2.32. The summed E-state index contributed by atoms with van der Waals surface area (Å²) in [5, 5.41) is 12.2. The van der Waals surface area contributed by atoms with Crippen molar-refractivity contribution in [3.05, 3.63) is 18.1 Å². The zero-order valence-corrected chi connectivity index (χ0v) is 12.6. The summed E-state index contributed by atoms with van der Waals surface area (Å²) in [4.78, 5) is 22.8. The molecule has 1 aromatic rings. The van der Waals surface area contributed by atoms with Crippen LogP contribution in [-0.2, 0) is 0 Å². The number of rotatable bonds is 6. The Morgan fingerprint density at radius 2 is 2.38 bits per heavy atom. The second-order valence-corrected chi connectivity index (χ2v) is 5.49. The third-order valence-corrected chi connectivity index (χ3v) is 3.75. The molecule has 2 heterocycles. The van der Waals surface area contributed by atoms with Crippen LogP contribution in [0.25, 0.3) is 0 Å². The normalized spacial score (nSPS) is 18.6. The highest BCUT2D eigenvalue weighted by Crippen LogP contribution is 2.20. The quantitative estimate of drug-likeness (QED) is 0.831. The highest BCUT2D eigenvalue weighted by Gasteiger charge is 2.25. The van der Waals surface area contributed by atoms with Crippen LogP contribution < -0.4 is 5.32 Å². The van der Waals surface area contributed by atoms with Gasteiger partial charge in [0.05, 0.1) is 12.4 Å². The van der Waals surface area contributed by atoms with Gasteiger partial charge in [-0.3, -0.25) is 9.78 Å². The van der Waals surface area contributed by atoms with Gasteiger partial charge in [-0.1, -0.05) is 6.92 Å². The monoisotopic (exact) mass is 292 g/mol. The number of hydrogen-bond acceptors (Lipinski definition) is 5. The van der Waals surface area contributed by atoms with Gasteiger partial charge in [-0.15, -0.1) is 0 Å². The number of likely N-dealkylation sites (tertiary alicyclic amines) is 1. The van der Waals surface area contributed by atoms with Gasteiger partial charge in [0.15, 0.2) is 0 Å². The fraction of sp³-hybridized carbons (Fsp3) is 0.667. The average Bonchev–Trinajstić information content (AvgIpc) is 2.53. The van der Waals surface area contributed by atoms with Crippen molar-refractivity contribution >= 4 is 11.7 Å². The molecule has 1 fully saturated rings. The first-order valence-electron chi connectivity index (χ1n) is 7.70. The van der Waals surface area contributed by atoms with Crippen molar-refractivity contribution in [1.29, 1.82) is 0 Å². The summed E-state index contributed by atoms with van der Waals surface area (Å²) in [6, 6.07) is 0. The Morgan fingerprint density at radius 3 is 3.14 bits per heavy atom. The summed E-state index contributed by atoms with van der Waals surface area (Å²) in [5.41, 5.74) is 0.390. The summed E-state index contributed by atoms with van der Waals surface area (Å²) in [6.07, 6.45) is 6.97. The molecule has 0 radical (unpaired) electrons. The summed E-state index contributed by atoms with van der Waals surface area (Å²) < 4.78 is 0. The molecule has 0 aromatic carbocycles. The topological polar surface area (TPSA) is 78.4 Å². The number of piperidine rings is 1. The Balaban J connectivity index is 2.01. The molecule has 2 rings (SSSR count). The van der Waals surface area contributed by atoms with Gasteiger partial charge in [0.1, 0.15) is 11.5 Å². The van der Waals surface area contributed by atoms with Crippen molar-refractivity contribution in [1.82, 2.24) is 14.9 Å². The SMILES string of the molecule is CCCNc1cncc(C(=O)N2CCCC(CCO)C2)n1. The van der Waals surface area contributed by atoms with Crippen molar-refractivity contribution in [2.24, 2.45) is 5.92 Å². The summed E-state index contributed by atoms with van der Waals surface area (Å²) >= 11 is 0. The second-order valence-electron chi connectivity index (χ2n) is 5.49. The maximum atomic E-state index is 12.5. The highest BCUT2D eigenvalue weighted by atomic mass is 16.3. The predicted octanol–water partition coefficient (Wildman–Crippen LogP) is 1.53. The van der Waals surface area contributed by atoms with E-state index in [1.54, 1.807) is 6.20 Å². The van der Waals surface area contributed by atoms with Crippen molar-refractivity contribution in [3.8, 4) is 0 Å². The zero-order valence-electron chi connectivity index (χ0n) is 12.6. The molecule has 1 aliphatic heterocycles. The third-order valence-electron chi connectivity index (χ3n) is 3.75. The molecule has 6 heteroatoms. The standard InChI is InChI=1S/C15H24N4O2/c1-2-6-17-14-10-16-9-13(18-14)15(21)19-7-3-4-12(11-19)5-8-20/h9-10,12,20H,2-8,11H2,1H3,(H,17,18). The summed E-state index contributed by atoms with van der Waals surface area (Å²) in [5.74, 6) is 0.971. The van der Waals surface area contributed by atoms with Gasteiger partial charge in [-0.2, -0.15) is 0 Å². The first kappa shape index (κ1) is 15.7. The zero-order chi connectivity index (χ0) is 15.1. The smallest absolute Gasteiger partial charge is 0.274 e. The van der Waals surface area contributed by atoms with Crippen molar-refractivity contribution in [2.75, 3.05) is 31.6 Å². The van der Waals surface area contributed by atoms with Gasteiger partial charge in [0, 0.05) is 26.2 Å². The molecular weight excluding hydrogens is 268 g/mol. The number of carbonyl (C=O) groups is 1. The van der Waals surface area contributed by atoms with Crippen LogP contribution in [0, 0.1) is 5.92 Å². The summed E-state index contributed by atoms with van der Waals surface area (Å²) in [6.45, 7) is 4.53. The number of anilines is 1. The number of nitrogens with zero attached hydrogens (tertiary/aromatic N) is 3. The number of hydrogen-bond donors (Lipinski definition) is 2. The van der Waals surface area contributed by atoms with Crippen molar-refractivity contribution in [2.45, 2.75) is 32.6 Å². The first-order valence-corrected chi connectivity index (χ1v) is 7.70. The van der Waals surface area contributed by atoms with E-state index in [0.717, 1.165) is 38.8 Å². The average molecular weight is 292 g/mol. The Bertz CT molecular complexity index is 465. The molecule has 6 nitrogen and oxygen atoms in total. The fourth-order valence-corrected chi connectivity index (χ4v) is 2.64. The highest BCUT2D eigenvalue weighted by molar-refractivity contribution is 5.92. The molecule has 1 amide bonds. The number of carbonyl (C=O) groups excluding carboxylic acids is 1. The van der Waals surface area contributed by atoms with E-state index in [1.807, 2.05) is 4.90 Å². The molecule has 0 aliphatic carbocycles. The van der Waals surface area contributed by atoms with Crippen LogP contribution in [0.2, 0.25) is 0 Å². The fourth-order valence-electron chi connectivity index (χ4n) is 2.64. The molecule has 0 spiro atoms. The van der Waals surface area contributed by atoms with E-state index in [-0.39, 0.29) is 12.5 Å². The van der Waals surface area contributed by atoms with Gasteiger partial charge in [0.2, 0.25) is 0 Å². The van der Waals surface area contributed by atoms with Crippen LogP contribution in [0.1, 0.15) is 43.1 Å². The molecule has 1 atom stereocenters. The van der Waals surface area contributed by atoms with Crippen molar-refractivity contribution in [3.63, 3.8) is 0 Å². The van der Waals surface area contributed by atoms with Crippen LogP contribution in [0.4, 0.5) is 5.82 Å². The van der Waals surface area contributed by atoms with E-state index in [9.17, 15) is 4.79 Å².